The summed E-state index contributed by atoms with van der Waals surface area (Å²) in [5, 5.41) is 7.37. The molecule has 4 heteroatoms. The van der Waals surface area contributed by atoms with Gasteiger partial charge in [-0.2, -0.15) is 5.10 Å². The van der Waals surface area contributed by atoms with Gasteiger partial charge in [0.05, 0.1) is 11.8 Å². The summed E-state index contributed by atoms with van der Waals surface area (Å²) in [5.41, 5.74) is 0.995. The number of hydrogen-bond donors (Lipinski definition) is 1. The van der Waals surface area contributed by atoms with Crippen LogP contribution in [0.4, 0.5) is 0 Å². The summed E-state index contributed by atoms with van der Waals surface area (Å²) in [4.78, 5) is 0. The molecule has 0 aliphatic carbocycles. The molecule has 1 atom stereocenters. The molecule has 1 aromatic heterocycles. The molecule has 0 aliphatic rings. The molecule has 1 aromatic rings. The summed E-state index contributed by atoms with van der Waals surface area (Å²) < 4.78 is 7.57. The molecule has 0 saturated heterocycles. The van der Waals surface area contributed by atoms with E-state index < -0.39 is 0 Å². The molecule has 1 unspecified atom stereocenters. The predicted octanol–water partition coefficient (Wildman–Crippen LogP) is 1.50. The Kier molecular flexibility index (Phi) is 4.62. The van der Waals surface area contributed by atoms with Crippen molar-refractivity contribution in [2.45, 2.75) is 32.8 Å². The fraction of sp³-hybridized carbons (Fsp3) is 0.727. The number of aromatic nitrogens is 2. The van der Waals surface area contributed by atoms with Crippen LogP contribution in [0.1, 0.15) is 25.5 Å². The van der Waals surface area contributed by atoms with Crippen molar-refractivity contribution in [3.63, 3.8) is 0 Å². The Hall–Kier alpha value is -1.03. The van der Waals surface area contributed by atoms with Gasteiger partial charge in [-0.3, -0.25) is 0 Å². The van der Waals surface area contributed by atoms with Crippen molar-refractivity contribution < 1.29 is 4.74 Å². The summed E-state index contributed by atoms with van der Waals surface area (Å²) >= 11 is 0. The topological polar surface area (TPSA) is 39.1 Å². The first-order chi connectivity index (χ1) is 7.13. The van der Waals surface area contributed by atoms with Crippen LogP contribution in [-0.2, 0) is 7.05 Å². The molecule has 0 aliphatic heterocycles. The van der Waals surface area contributed by atoms with E-state index in [1.165, 1.54) is 0 Å². The third kappa shape index (κ3) is 3.91. The predicted molar refractivity (Wildman–Crippen MR) is 61.2 cm³/mol. The number of nitrogens with one attached hydrogen (secondary N) is 1. The van der Waals surface area contributed by atoms with Gasteiger partial charge in [-0.15, -0.1) is 0 Å². The van der Waals surface area contributed by atoms with Gasteiger partial charge in [0.1, 0.15) is 0 Å². The molecule has 1 rings (SSSR count). The summed E-state index contributed by atoms with van der Waals surface area (Å²) in [6.07, 6.45) is 2.44. The Balaban J connectivity index is 2.37. The molecule has 0 bridgehead atoms. The van der Waals surface area contributed by atoms with Crippen LogP contribution in [0.2, 0.25) is 0 Å². The van der Waals surface area contributed by atoms with Crippen molar-refractivity contribution in [2.75, 3.05) is 13.6 Å². The van der Waals surface area contributed by atoms with Gasteiger partial charge in [-0.1, -0.05) is 0 Å². The number of ether oxygens (including phenoxy) is 1. The monoisotopic (exact) mass is 211 g/mol. The molecule has 0 fully saturated rings. The fourth-order valence-electron chi connectivity index (χ4n) is 1.53. The van der Waals surface area contributed by atoms with Gasteiger partial charge in [-0.05, 0) is 40.3 Å². The number of aryl methyl sites for hydroxylation is 2. The van der Waals surface area contributed by atoms with Crippen LogP contribution in [0, 0.1) is 6.92 Å². The van der Waals surface area contributed by atoms with Gasteiger partial charge >= 0.3 is 0 Å². The van der Waals surface area contributed by atoms with E-state index in [1.807, 2.05) is 27.1 Å². The van der Waals surface area contributed by atoms with Crippen molar-refractivity contribution >= 4 is 0 Å². The van der Waals surface area contributed by atoms with Gasteiger partial charge in [0, 0.05) is 13.1 Å². The maximum atomic E-state index is 5.79. The van der Waals surface area contributed by atoms with Crippen LogP contribution in [-0.4, -0.2) is 29.5 Å². The second-order valence-electron chi connectivity index (χ2n) is 3.92. The van der Waals surface area contributed by atoms with Crippen molar-refractivity contribution in [1.82, 2.24) is 15.1 Å². The zero-order chi connectivity index (χ0) is 11.3. The third-order valence-electron chi connectivity index (χ3n) is 2.32. The molecule has 15 heavy (non-hydrogen) atoms. The lowest BCUT2D eigenvalue weighted by Crippen LogP contribution is -2.16. The van der Waals surface area contributed by atoms with E-state index in [1.54, 1.807) is 4.68 Å². The lowest BCUT2D eigenvalue weighted by molar-refractivity contribution is 0.190. The van der Waals surface area contributed by atoms with Gasteiger partial charge in [0.15, 0.2) is 0 Å². The fourth-order valence-corrected chi connectivity index (χ4v) is 1.53. The number of nitrogens with zero attached hydrogens (tertiary/aromatic N) is 2. The van der Waals surface area contributed by atoms with Gasteiger partial charge in [-0.25, -0.2) is 4.68 Å². The second kappa shape index (κ2) is 5.75. The number of rotatable bonds is 6. The van der Waals surface area contributed by atoms with E-state index in [-0.39, 0.29) is 6.10 Å². The summed E-state index contributed by atoms with van der Waals surface area (Å²) in [5.74, 6) is 0.851. The van der Waals surface area contributed by atoms with Crippen LogP contribution in [0.5, 0.6) is 5.88 Å². The maximum absolute atomic E-state index is 5.79. The highest BCUT2D eigenvalue weighted by Crippen LogP contribution is 2.14. The van der Waals surface area contributed by atoms with E-state index in [0.29, 0.717) is 0 Å². The van der Waals surface area contributed by atoms with E-state index in [9.17, 15) is 0 Å². The highest BCUT2D eigenvalue weighted by Gasteiger charge is 2.07. The zero-order valence-electron chi connectivity index (χ0n) is 10.1. The first-order valence-corrected chi connectivity index (χ1v) is 5.45. The molecule has 0 saturated carbocycles. The lowest BCUT2D eigenvalue weighted by atomic mass is 10.2. The second-order valence-corrected chi connectivity index (χ2v) is 3.92. The van der Waals surface area contributed by atoms with Crippen molar-refractivity contribution in [2.24, 2.45) is 7.05 Å². The minimum Gasteiger partial charge on any atom is -0.475 e. The average molecular weight is 211 g/mol. The SMILES string of the molecule is CNCCCC(C)Oc1cc(C)nn1C. The molecule has 86 valence electrons. The van der Waals surface area contributed by atoms with Crippen LogP contribution < -0.4 is 10.1 Å². The van der Waals surface area contributed by atoms with E-state index in [0.717, 1.165) is 31.0 Å². The van der Waals surface area contributed by atoms with E-state index in [4.69, 9.17) is 4.74 Å². The normalized spacial score (nSPS) is 12.8. The van der Waals surface area contributed by atoms with E-state index in [2.05, 4.69) is 17.3 Å². The first kappa shape index (κ1) is 12.0. The van der Waals surface area contributed by atoms with Gasteiger partial charge < -0.3 is 10.1 Å². The van der Waals surface area contributed by atoms with Gasteiger partial charge in [0.2, 0.25) is 5.88 Å². The molecule has 0 amide bonds. The Bertz CT molecular complexity index is 296. The van der Waals surface area contributed by atoms with Crippen molar-refractivity contribution in [1.29, 1.82) is 0 Å². The van der Waals surface area contributed by atoms with Crippen molar-refractivity contribution in [3.8, 4) is 5.88 Å². The summed E-state index contributed by atoms with van der Waals surface area (Å²) in [6.45, 7) is 5.11. The van der Waals surface area contributed by atoms with Crippen LogP contribution in [0.15, 0.2) is 6.07 Å². The van der Waals surface area contributed by atoms with Crippen molar-refractivity contribution in [3.05, 3.63) is 11.8 Å². The smallest absolute Gasteiger partial charge is 0.211 e. The Labute approximate surface area is 91.6 Å². The maximum Gasteiger partial charge on any atom is 0.211 e. The molecular formula is C11H21N3O. The highest BCUT2D eigenvalue weighted by atomic mass is 16.5. The highest BCUT2D eigenvalue weighted by molar-refractivity contribution is 5.14. The zero-order valence-corrected chi connectivity index (χ0v) is 10.1. The standard InChI is InChI=1S/C11H21N3O/c1-9-8-11(14(4)13-9)15-10(2)6-5-7-12-3/h8,10,12H,5-7H2,1-4H3. The molecular weight excluding hydrogens is 190 g/mol. The van der Waals surface area contributed by atoms with Crippen LogP contribution in [0.3, 0.4) is 0 Å². The Morgan fingerprint density at radius 2 is 2.33 bits per heavy atom. The first-order valence-electron chi connectivity index (χ1n) is 5.45. The summed E-state index contributed by atoms with van der Waals surface area (Å²) in [6, 6.07) is 1.97. The lowest BCUT2D eigenvalue weighted by Gasteiger charge is -2.13. The van der Waals surface area contributed by atoms with Gasteiger partial charge in [0.25, 0.3) is 0 Å². The molecule has 1 heterocycles. The van der Waals surface area contributed by atoms with Crippen LogP contribution in [0.25, 0.3) is 0 Å². The molecule has 4 nitrogen and oxygen atoms in total. The average Bonchev–Trinajstić information content (AvgIpc) is 2.45. The molecule has 1 N–H and O–H groups in total. The van der Waals surface area contributed by atoms with E-state index >= 15 is 0 Å². The minimum absolute atomic E-state index is 0.244. The molecule has 0 spiro atoms. The number of hydrogen-bond acceptors (Lipinski definition) is 3. The summed E-state index contributed by atoms with van der Waals surface area (Å²) in [7, 11) is 3.87. The minimum atomic E-state index is 0.244. The Morgan fingerprint density at radius 3 is 2.87 bits per heavy atom. The quantitative estimate of drug-likeness (QED) is 0.725. The molecule has 0 aromatic carbocycles. The third-order valence-corrected chi connectivity index (χ3v) is 2.32. The van der Waals surface area contributed by atoms with Crippen LogP contribution >= 0.6 is 0 Å². The Morgan fingerprint density at radius 1 is 1.60 bits per heavy atom. The largest absolute Gasteiger partial charge is 0.475 e. The molecule has 0 radical (unpaired) electrons.